The van der Waals surface area contributed by atoms with Crippen LogP contribution in [0.25, 0.3) is 0 Å². The molecule has 0 saturated carbocycles. The molecule has 2 aliphatic rings. The minimum atomic E-state index is -3.39. The second kappa shape index (κ2) is 7.87. The van der Waals surface area contributed by atoms with Crippen molar-refractivity contribution in [2.45, 2.75) is 51.2 Å². The van der Waals surface area contributed by atoms with Gasteiger partial charge in [0.15, 0.2) is 0 Å². The zero-order valence-corrected chi connectivity index (χ0v) is 14.1. The van der Waals surface area contributed by atoms with E-state index in [9.17, 15) is 8.42 Å². The average Bonchev–Trinajstić information content (AvgIpc) is 2.98. The molecule has 21 heavy (non-hydrogen) atoms. The summed E-state index contributed by atoms with van der Waals surface area (Å²) in [5.41, 5.74) is 0. The molecule has 0 amide bonds. The van der Waals surface area contributed by atoms with Gasteiger partial charge in [0, 0.05) is 38.8 Å². The summed E-state index contributed by atoms with van der Waals surface area (Å²) in [5.74, 6) is 0. The van der Waals surface area contributed by atoms with Crippen molar-refractivity contribution in [3.63, 3.8) is 0 Å². The minimum Gasteiger partial charge on any atom is -0.377 e. The van der Waals surface area contributed by atoms with Crippen LogP contribution in [-0.4, -0.2) is 69.0 Å². The molecule has 0 aromatic carbocycles. The summed E-state index contributed by atoms with van der Waals surface area (Å²) in [6.45, 7) is 5.01. The van der Waals surface area contributed by atoms with Gasteiger partial charge in [-0.15, -0.1) is 0 Å². The fourth-order valence-electron chi connectivity index (χ4n) is 3.27. The summed E-state index contributed by atoms with van der Waals surface area (Å²) < 4.78 is 34.8. The second-order valence-electron chi connectivity index (χ2n) is 5.91. The standard InChI is InChI=1S/C14H29N3O3S/c1-3-16(12-14-8-6-10-20-14)21(18,19)17-9-5-4-7-13(17)11-15-2/h13-15H,3-12H2,1-2H3. The lowest BCUT2D eigenvalue weighted by Crippen LogP contribution is -2.54. The fourth-order valence-corrected chi connectivity index (χ4v) is 5.16. The Hall–Kier alpha value is -0.210. The number of nitrogens with one attached hydrogen (secondary N) is 1. The SMILES string of the molecule is CCN(CC1CCCO1)S(=O)(=O)N1CCCCC1CNC. The highest BCUT2D eigenvalue weighted by molar-refractivity contribution is 7.86. The summed E-state index contributed by atoms with van der Waals surface area (Å²) in [6.07, 6.45) is 5.07. The van der Waals surface area contributed by atoms with Crippen LogP contribution in [0.15, 0.2) is 0 Å². The molecular formula is C14H29N3O3S. The van der Waals surface area contributed by atoms with Gasteiger partial charge in [0.25, 0.3) is 10.2 Å². The number of piperidine rings is 1. The van der Waals surface area contributed by atoms with Crippen LogP contribution in [0.2, 0.25) is 0 Å². The summed E-state index contributed by atoms with van der Waals surface area (Å²) in [6, 6.07) is 0.0762. The van der Waals surface area contributed by atoms with E-state index in [0.717, 1.165) is 45.3 Å². The molecule has 7 heteroatoms. The van der Waals surface area contributed by atoms with Gasteiger partial charge in [-0.2, -0.15) is 17.0 Å². The molecule has 2 fully saturated rings. The van der Waals surface area contributed by atoms with Crippen molar-refractivity contribution in [3.05, 3.63) is 0 Å². The Morgan fingerprint density at radius 3 is 2.71 bits per heavy atom. The lowest BCUT2D eigenvalue weighted by atomic mass is 10.1. The van der Waals surface area contributed by atoms with E-state index in [4.69, 9.17) is 4.74 Å². The topological polar surface area (TPSA) is 61.9 Å². The minimum absolute atomic E-state index is 0.0623. The highest BCUT2D eigenvalue weighted by Gasteiger charge is 2.36. The van der Waals surface area contributed by atoms with Crippen molar-refractivity contribution in [1.82, 2.24) is 13.9 Å². The molecule has 0 spiro atoms. The monoisotopic (exact) mass is 319 g/mol. The first-order valence-electron chi connectivity index (χ1n) is 8.12. The van der Waals surface area contributed by atoms with Crippen LogP contribution in [0.1, 0.15) is 39.0 Å². The molecule has 6 nitrogen and oxygen atoms in total. The maximum absolute atomic E-state index is 13.0. The predicted octanol–water partition coefficient (Wildman–Crippen LogP) is 0.806. The van der Waals surface area contributed by atoms with Gasteiger partial charge in [0.2, 0.25) is 0 Å². The average molecular weight is 319 g/mol. The van der Waals surface area contributed by atoms with Gasteiger partial charge in [-0.05, 0) is 32.7 Å². The highest BCUT2D eigenvalue weighted by Crippen LogP contribution is 2.24. The van der Waals surface area contributed by atoms with Crippen molar-refractivity contribution in [2.24, 2.45) is 0 Å². The van der Waals surface area contributed by atoms with Crippen molar-refractivity contribution in [1.29, 1.82) is 0 Å². The molecular weight excluding hydrogens is 290 g/mol. The molecule has 2 aliphatic heterocycles. The second-order valence-corrected chi connectivity index (χ2v) is 7.79. The number of hydrogen-bond donors (Lipinski definition) is 1. The zero-order valence-electron chi connectivity index (χ0n) is 13.3. The molecule has 2 saturated heterocycles. The smallest absolute Gasteiger partial charge is 0.282 e. The molecule has 0 radical (unpaired) electrons. The van der Waals surface area contributed by atoms with E-state index in [0.29, 0.717) is 19.6 Å². The van der Waals surface area contributed by atoms with E-state index in [1.807, 2.05) is 14.0 Å². The van der Waals surface area contributed by atoms with Gasteiger partial charge in [-0.1, -0.05) is 13.3 Å². The van der Waals surface area contributed by atoms with Crippen LogP contribution < -0.4 is 5.32 Å². The fraction of sp³-hybridized carbons (Fsp3) is 1.00. The first-order valence-corrected chi connectivity index (χ1v) is 9.52. The van der Waals surface area contributed by atoms with Crippen LogP contribution in [0.3, 0.4) is 0 Å². The van der Waals surface area contributed by atoms with Gasteiger partial charge in [0.1, 0.15) is 0 Å². The van der Waals surface area contributed by atoms with Crippen LogP contribution in [0, 0.1) is 0 Å². The first kappa shape index (κ1) is 17.1. The Labute approximate surface area is 129 Å². The molecule has 1 N–H and O–H groups in total. The molecule has 124 valence electrons. The normalized spacial score (nSPS) is 28.3. The van der Waals surface area contributed by atoms with Crippen molar-refractivity contribution >= 4 is 10.2 Å². The Morgan fingerprint density at radius 1 is 1.29 bits per heavy atom. The van der Waals surface area contributed by atoms with E-state index >= 15 is 0 Å². The van der Waals surface area contributed by atoms with Gasteiger partial charge in [0.05, 0.1) is 6.10 Å². The van der Waals surface area contributed by atoms with E-state index < -0.39 is 10.2 Å². The summed E-state index contributed by atoms with van der Waals surface area (Å²) in [5, 5.41) is 3.12. The number of hydrogen-bond acceptors (Lipinski definition) is 4. The third-order valence-electron chi connectivity index (χ3n) is 4.42. The van der Waals surface area contributed by atoms with Gasteiger partial charge >= 0.3 is 0 Å². The van der Waals surface area contributed by atoms with Gasteiger partial charge in [-0.25, -0.2) is 0 Å². The van der Waals surface area contributed by atoms with Crippen molar-refractivity contribution in [3.8, 4) is 0 Å². The molecule has 0 aromatic heterocycles. The maximum atomic E-state index is 13.0. The highest BCUT2D eigenvalue weighted by atomic mass is 32.2. The molecule has 0 bridgehead atoms. The Bertz CT molecular complexity index is 408. The lowest BCUT2D eigenvalue weighted by molar-refractivity contribution is 0.0918. The van der Waals surface area contributed by atoms with Crippen LogP contribution in [0.5, 0.6) is 0 Å². The summed E-state index contributed by atoms with van der Waals surface area (Å²) >= 11 is 0. The van der Waals surface area contributed by atoms with Crippen molar-refractivity contribution in [2.75, 3.05) is 39.8 Å². The Morgan fingerprint density at radius 2 is 2.10 bits per heavy atom. The summed E-state index contributed by atoms with van der Waals surface area (Å²) in [7, 11) is -1.51. The Kier molecular flexibility index (Phi) is 6.43. The predicted molar refractivity (Wildman–Crippen MR) is 83.4 cm³/mol. The number of ether oxygens (including phenoxy) is 1. The van der Waals surface area contributed by atoms with E-state index in [-0.39, 0.29) is 12.1 Å². The van der Waals surface area contributed by atoms with E-state index in [2.05, 4.69) is 5.32 Å². The largest absolute Gasteiger partial charge is 0.377 e. The third-order valence-corrected chi connectivity index (χ3v) is 6.55. The Balaban J connectivity index is 2.08. The number of rotatable bonds is 7. The first-order chi connectivity index (χ1) is 10.1. The van der Waals surface area contributed by atoms with Crippen LogP contribution in [-0.2, 0) is 14.9 Å². The quantitative estimate of drug-likeness (QED) is 0.754. The van der Waals surface area contributed by atoms with Gasteiger partial charge in [-0.3, -0.25) is 0 Å². The molecule has 2 atom stereocenters. The lowest BCUT2D eigenvalue weighted by Gasteiger charge is -2.38. The van der Waals surface area contributed by atoms with Crippen LogP contribution >= 0.6 is 0 Å². The maximum Gasteiger partial charge on any atom is 0.282 e. The molecule has 2 heterocycles. The zero-order chi connectivity index (χ0) is 15.3. The summed E-state index contributed by atoms with van der Waals surface area (Å²) in [4.78, 5) is 0. The van der Waals surface area contributed by atoms with E-state index in [1.54, 1.807) is 8.61 Å². The molecule has 2 rings (SSSR count). The molecule has 2 unspecified atom stereocenters. The third kappa shape index (κ3) is 4.16. The molecule has 0 aliphatic carbocycles. The van der Waals surface area contributed by atoms with E-state index in [1.165, 1.54) is 0 Å². The number of likely N-dealkylation sites (N-methyl/N-ethyl adjacent to an activating group) is 2. The van der Waals surface area contributed by atoms with Crippen LogP contribution in [0.4, 0.5) is 0 Å². The van der Waals surface area contributed by atoms with Gasteiger partial charge < -0.3 is 10.1 Å². The molecule has 0 aromatic rings. The number of nitrogens with zero attached hydrogens (tertiary/aromatic N) is 2. The van der Waals surface area contributed by atoms with Crippen molar-refractivity contribution < 1.29 is 13.2 Å².